The van der Waals surface area contributed by atoms with Crippen molar-refractivity contribution in [3.05, 3.63) is 53.6 Å². The highest BCUT2D eigenvalue weighted by Crippen LogP contribution is 2.22. The van der Waals surface area contributed by atoms with Gasteiger partial charge in [0.2, 0.25) is 5.91 Å². The van der Waals surface area contributed by atoms with Gasteiger partial charge in [0.25, 0.3) is 0 Å². The van der Waals surface area contributed by atoms with Gasteiger partial charge in [-0.1, -0.05) is 29.8 Å². The molecule has 0 radical (unpaired) electrons. The first-order valence-corrected chi connectivity index (χ1v) is 7.04. The minimum absolute atomic E-state index is 0.219. The minimum atomic E-state index is -1.02. The number of carbonyl (C=O) groups excluding carboxylic acids is 3. The van der Waals surface area contributed by atoms with Crippen LogP contribution in [0.2, 0.25) is 5.02 Å². The van der Waals surface area contributed by atoms with E-state index in [0.29, 0.717) is 5.69 Å². The van der Waals surface area contributed by atoms with Gasteiger partial charge in [-0.05, 0) is 30.3 Å². The number of carbonyl (C=O) groups is 3. The molecule has 0 saturated heterocycles. The van der Waals surface area contributed by atoms with Gasteiger partial charge in [-0.15, -0.1) is 0 Å². The van der Waals surface area contributed by atoms with Gasteiger partial charge in [-0.25, -0.2) is 4.90 Å². The van der Waals surface area contributed by atoms with E-state index in [-0.39, 0.29) is 16.4 Å². The maximum absolute atomic E-state index is 12.3. The number of amides is 3. The highest BCUT2D eigenvalue weighted by Gasteiger charge is 2.27. The number of anilines is 3. The van der Waals surface area contributed by atoms with Gasteiger partial charge in [-0.2, -0.15) is 0 Å². The van der Waals surface area contributed by atoms with Crippen molar-refractivity contribution in [2.24, 2.45) is 0 Å². The van der Waals surface area contributed by atoms with E-state index >= 15 is 0 Å². The molecular formula is C16H14ClN3O3. The van der Waals surface area contributed by atoms with Crippen LogP contribution in [0.3, 0.4) is 0 Å². The molecule has 2 rings (SSSR count). The number of halogens is 1. The third kappa shape index (κ3) is 3.87. The lowest BCUT2D eigenvalue weighted by Crippen LogP contribution is -2.42. The standard InChI is InChI=1S/C16H14ClN3O3/c1-10(21)20(12-6-4-5-11(18)9-12)16(23)15(22)19-14-8-3-2-7-13(14)17/h2-9H,18H2,1H3,(H,19,22). The Hall–Kier alpha value is -2.86. The number of para-hydroxylation sites is 1. The first kappa shape index (κ1) is 16.5. The van der Waals surface area contributed by atoms with Crippen molar-refractivity contribution in [2.45, 2.75) is 6.92 Å². The average Bonchev–Trinajstić information content (AvgIpc) is 2.49. The molecule has 0 atom stereocenters. The van der Waals surface area contributed by atoms with Gasteiger partial charge < -0.3 is 11.1 Å². The van der Waals surface area contributed by atoms with E-state index < -0.39 is 17.7 Å². The fraction of sp³-hybridized carbons (Fsp3) is 0.0625. The lowest BCUT2D eigenvalue weighted by molar-refractivity contribution is -0.136. The van der Waals surface area contributed by atoms with E-state index in [9.17, 15) is 14.4 Å². The van der Waals surface area contributed by atoms with Crippen LogP contribution in [0.15, 0.2) is 48.5 Å². The number of nitrogens with one attached hydrogen (secondary N) is 1. The first-order valence-electron chi connectivity index (χ1n) is 6.66. The van der Waals surface area contributed by atoms with Crippen LogP contribution in [0.4, 0.5) is 17.1 Å². The predicted molar refractivity (Wildman–Crippen MR) is 89.1 cm³/mol. The van der Waals surface area contributed by atoms with Crippen molar-refractivity contribution in [2.75, 3.05) is 16.0 Å². The highest BCUT2D eigenvalue weighted by atomic mass is 35.5. The Morgan fingerprint density at radius 2 is 1.78 bits per heavy atom. The summed E-state index contributed by atoms with van der Waals surface area (Å²) >= 11 is 5.93. The number of benzene rings is 2. The zero-order valence-corrected chi connectivity index (χ0v) is 13.0. The molecule has 0 aliphatic carbocycles. The van der Waals surface area contributed by atoms with Crippen molar-refractivity contribution < 1.29 is 14.4 Å². The molecule has 0 aliphatic rings. The Kier molecular flexibility index (Phi) is 4.98. The molecule has 7 heteroatoms. The fourth-order valence-electron chi connectivity index (χ4n) is 1.95. The summed E-state index contributed by atoms with van der Waals surface area (Å²) < 4.78 is 0. The van der Waals surface area contributed by atoms with E-state index in [4.69, 9.17) is 17.3 Å². The lowest BCUT2D eigenvalue weighted by Gasteiger charge is -2.19. The van der Waals surface area contributed by atoms with E-state index in [2.05, 4.69) is 5.32 Å². The van der Waals surface area contributed by atoms with Crippen LogP contribution in [0.1, 0.15) is 6.92 Å². The highest BCUT2D eigenvalue weighted by molar-refractivity contribution is 6.49. The lowest BCUT2D eigenvalue weighted by atomic mass is 10.2. The molecule has 0 aromatic heterocycles. The fourth-order valence-corrected chi connectivity index (χ4v) is 2.13. The number of imide groups is 1. The number of nitrogens with two attached hydrogens (primary N) is 1. The molecule has 3 amide bonds. The van der Waals surface area contributed by atoms with Crippen LogP contribution in [0.5, 0.6) is 0 Å². The van der Waals surface area contributed by atoms with Crippen LogP contribution in [-0.4, -0.2) is 17.7 Å². The summed E-state index contributed by atoms with van der Waals surface area (Å²) in [5.41, 5.74) is 6.52. The van der Waals surface area contributed by atoms with E-state index in [1.54, 1.807) is 36.4 Å². The summed E-state index contributed by atoms with van der Waals surface area (Å²) in [4.78, 5) is 37.0. The third-order valence-electron chi connectivity index (χ3n) is 2.96. The number of rotatable bonds is 2. The molecule has 0 unspecified atom stereocenters. The summed E-state index contributed by atoms with van der Waals surface area (Å²) in [5.74, 6) is -2.60. The van der Waals surface area contributed by atoms with Crippen LogP contribution in [0.25, 0.3) is 0 Å². The smallest absolute Gasteiger partial charge is 0.323 e. The SMILES string of the molecule is CC(=O)N(C(=O)C(=O)Nc1ccccc1Cl)c1cccc(N)c1. The maximum atomic E-state index is 12.3. The van der Waals surface area contributed by atoms with Crippen molar-refractivity contribution in [1.82, 2.24) is 0 Å². The van der Waals surface area contributed by atoms with Crippen LogP contribution in [0, 0.1) is 0 Å². The van der Waals surface area contributed by atoms with Gasteiger partial charge in [0.05, 0.1) is 16.4 Å². The molecule has 0 spiro atoms. The second-order valence-electron chi connectivity index (χ2n) is 4.69. The van der Waals surface area contributed by atoms with E-state index in [1.165, 1.54) is 19.1 Å². The van der Waals surface area contributed by atoms with Gasteiger partial charge in [0.1, 0.15) is 0 Å². The summed E-state index contributed by atoms with van der Waals surface area (Å²) in [6.07, 6.45) is 0. The molecule has 3 N–H and O–H groups in total. The second-order valence-corrected chi connectivity index (χ2v) is 5.10. The van der Waals surface area contributed by atoms with Crippen molar-refractivity contribution >= 4 is 46.4 Å². The molecule has 118 valence electrons. The maximum Gasteiger partial charge on any atom is 0.323 e. The molecule has 0 fully saturated rings. The Bertz CT molecular complexity index is 777. The zero-order valence-electron chi connectivity index (χ0n) is 12.2. The van der Waals surface area contributed by atoms with Crippen molar-refractivity contribution in [1.29, 1.82) is 0 Å². The van der Waals surface area contributed by atoms with Gasteiger partial charge in [-0.3, -0.25) is 14.4 Å². The summed E-state index contributed by atoms with van der Waals surface area (Å²) in [6.45, 7) is 1.18. The molecule has 0 bridgehead atoms. The summed E-state index contributed by atoms with van der Waals surface area (Å²) in [6, 6.07) is 12.6. The number of hydrogen-bond acceptors (Lipinski definition) is 4. The number of nitrogen functional groups attached to an aromatic ring is 1. The molecule has 0 saturated carbocycles. The Morgan fingerprint density at radius 1 is 1.09 bits per heavy atom. The van der Waals surface area contributed by atoms with E-state index in [1.807, 2.05) is 0 Å². The quantitative estimate of drug-likeness (QED) is 0.653. The molecule has 2 aromatic carbocycles. The summed E-state index contributed by atoms with van der Waals surface area (Å²) in [7, 11) is 0. The second kappa shape index (κ2) is 6.93. The Balaban J connectivity index is 2.26. The van der Waals surface area contributed by atoms with Gasteiger partial charge >= 0.3 is 11.8 Å². The largest absolute Gasteiger partial charge is 0.399 e. The normalized spacial score (nSPS) is 10.0. The molecule has 6 nitrogen and oxygen atoms in total. The monoisotopic (exact) mass is 331 g/mol. The molecule has 2 aromatic rings. The predicted octanol–water partition coefficient (Wildman–Crippen LogP) is 2.44. The Morgan fingerprint density at radius 3 is 2.39 bits per heavy atom. The number of hydrogen-bond donors (Lipinski definition) is 2. The van der Waals surface area contributed by atoms with Gasteiger partial charge in [0, 0.05) is 12.6 Å². The van der Waals surface area contributed by atoms with Crippen molar-refractivity contribution in [3.63, 3.8) is 0 Å². The zero-order chi connectivity index (χ0) is 17.0. The van der Waals surface area contributed by atoms with Crippen molar-refractivity contribution in [3.8, 4) is 0 Å². The van der Waals surface area contributed by atoms with E-state index in [0.717, 1.165) is 4.90 Å². The molecule has 0 heterocycles. The molecular weight excluding hydrogens is 318 g/mol. The van der Waals surface area contributed by atoms with Crippen LogP contribution >= 0.6 is 11.6 Å². The van der Waals surface area contributed by atoms with Gasteiger partial charge in [0.15, 0.2) is 0 Å². The average molecular weight is 332 g/mol. The Labute approximate surface area is 137 Å². The minimum Gasteiger partial charge on any atom is -0.399 e. The van der Waals surface area contributed by atoms with Crippen LogP contribution < -0.4 is 16.0 Å². The molecule has 23 heavy (non-hydrogen) atoms. The summed E-state index contributed by atoms with van der Waals surface area (Å²) in [5, 5.41) is 2.67. The molecule has 0 aliphatic heterocycles. The topological polar surface area (TPSA) is 92.5 Å². The third-order valence-corrected chi connectivity index (χ3v) is 3.29. The van der Waals surface area contributed by atoms with Crippen LogP contribution in [-0.2, 0) is 14.4 Å². The first-order chi connectivity index (χ1) is 10.9. The number of nitrogens with zero attached hydrogens (tertiary/aromatic N) is 1.